The maximum absolute atomic E-state index is 13.7. The second kappa shape index (κ2) is 7.82. The van der Waals surface area contributed by atoms with Gasteiger partial charge in [-0.3, -0.25) is 9.59 Å². The van der Waals surface area contributed by atoms with Crippen molar-refractivity contribution in [2.24, 2.45) is 11.8 Å². The van der Waals surface area contributed by atoms with Crippen LogP contribution in [0, 0.1) is 11.8 Å². The average Bonchev–Trinajstić information content (AvgIpc) is 3.42. The molecule has 8 heteroatoms. The lowest BCUT2D eigenvalue weighted by molar-refractivity contribution is -0.161. The number of rotatable bonds is 3. The van der Waals surface area contributed by atoms with Crippen LogP contribution in [0.3, 0.4) is 0 Å². The van der Waals surface area contributed by atoms with Crippen molar-refractivity contribution in [3.05, 3.63) is 99.5 Å². The number of anilines is 1. The summed E-state index contributed by atoms with van der Waals surface area (Å²) in [5.74, 6) is -2.95. The van der Waals surface area contributed by atoms with E-state index in [1.807, 2.05) is 48.5 Å². The number of halogens is 2. The highest BCUT2D eigenvalue weighted by molar-refractivity contribution is 6.42. The zero-order valence-electron chi connectivity index (χ0n) is 17.7. The fraction of sp³-hybridized carbons (Fsp3) is 0.231. The van der Waals surface area contributed by atoms with Gasteiger partial charge >= 0.3 is 5.97 Å². The zero-order chi connectivity index (χ0) is 23.6. The van der Waals surface area contributed by atoms with Crippen molar-refractivity contribution in [3.63, 3.8) is 0 Å². The number of aliphatic hydroxyl groups is 1. The molecule has 34 heavy (non-hydrogen) atoms. The molecule has 0 unspecified atom stereocenters. The third-order valence-corrected chi connectivity index (χ3v) is 7.76. The van der Waals surface area contributed by atoms with E-state index in [9.17, 15) is 14.7 Å². The minimum atomic E-state index is -1.40. The number of hydrogen-bond acceptors (Lipinski definition) is 5. The van der Waals surface area contributed by atoms with Crippen molar-refractivity contribution >= 4 is 40.8 Å². The zero-order valence-corrected chi connectivity index (χ0v) is 19.2. The normalized spacial score (nSPS) is 30.9. The number of fused-ring (bicyclic) bond motifs is 2. The van der Waals surface area contributed by atoms with E-state index in [2.05, 4.69) is 5.32 Å². The van der Waals surface area contributed by atoms with Crippen molar-refractivity contribution in [2.45, 2.75) is 23.9 Å². The van der Waals surface area contributed by atoms with Crippen LogP contribution in [-0.2, 0) is 19.1 Å². The summed E-state index contributed by atoms with van der Waals surface area (Å²) in [4.78, 5) is 26.9. The Hall–Kier alpha value is -2.90. The van der Waals surface area contributed by atoms with E-state index in [1.54, 1.807) is 24.3 Å². The van der Waals surface area contributed by atoms with Gasteiger partial charge in [-0.2, -0.15) is 0 Å². The SMILES string of the molecule is O=C(Nc1ccc(Cl)c(Cl)c1)[C@@H]1[C@@H](c2ccccc2)O[C@@]23[C@@H](O)c4ccccc4[C@@H]2OC(=O)[C@@H]13. The smallest absolute Gasteiger partial charge is 0.313 e. The lowest BCUT2D eigenvalue weighted by atomic mass is 9.76. The Morgan fingerprint density at radius 1 is 0.941 bits per heavy atom. The van der Waals surface area contributed by atoms with Crippen LogP contribution in [0.25, 0.3) is 0 Å². The molecule has 172 valence electrons. The summed E-state index contributed by atoms with van der Waals surface area (Å²) in [6.07, 6.45) is -2.70. The maximum atomic E-state index is 13.7. The molecule has 3 aromatic carbocycles. The quantitative estimate of drug-likeness (QED) is 0.498. The standard InChI is InChI=1S/C26H19Cl2NO5/c27-17-11-10-14(12-18(17)28)29-24(31)19-20-25(32)33-23-16-9-5-4-8-15(16)22(30)26(20,23)34-21(19)13-6-2-1-3-7-13/h1-12,19-23,30H,(H,29,31)/t19-,20+,21+,22-,23-,26-/m0/s1. The van der Waals surface area contributed by atoms with Crippen molar-refractivity contribution in [2.75, 3.05) is 5.32 Å². The van der Waals surface area contributed by atoms with E-state index >= 15 is 0 Å². The molecule has 0 radical (unpaired) electrons. The van der Waals surface area contributed by atoms with Crippen LogP contribution in [0.5, 0.6) is 0 Å². The van der Waals surface area contributed by atoms with E-state index < -0.39 is 47.6 Å². The van der Waals surface area contributed by atoms with Gasteiger partial charge in [0.05, 0.1) is 22.1 Å². The summed E-state index contributed by atoms with van der Waals surface area (Å²) in [6, 6.07) is 21.2. The molecule has 2 heterocycles. The van der Waals surface area contributed by atoms with E-state index in [0.29, 0.717) is 26.9 Å². The molecule has 1 aliphatic carbocycles. The summed E-state index contributed by atoms with van der Waals surface area (Å²) >= 11 is 12.1. The van der Waals surface area contributed by atoms with Crippen LogP contribution in [0.1, 0.15) is 35.0 Å². The molecule has 2 aliphatic heterocycles. The Morgan fingerprint density at radius 2 is 1.65 bits per heavy atom. The molecule has 3 aliphatic rings. The summed E-state index contributed by atoms with van der Waals surface area (Å²) in [5.41, 5.74) is 1.10. The van der Waals surface area contributed by atoms with Crippen LogP contribution >= 0.6 is 23.2 Å². The molecule has 0 saturated carbocycles. The largest absolute Gasteiger partial charge is 0.454 e. The average molecular weight is 496 g/mol. The molecule has 2 N–H and O–H groups in total. The second-order valence-corrected chi connectivity index (χ2v) is 9.59. The third-order valence-electron chi connectivity index (χ3n) is 7.02. The van der Waals surface area contributed by atoms with Crippen LogP contribution in [0.15, 0.2) is 72.8 Å². The van der Waals surface area contributed by atoms with Gasteiger partial charge in [0, 0.05) is 11.3 Å². The van der Waals surface area contributed by atoms with Gasteiger partial charge in [-0.1, -0.05) is 77.8 Å². The number of aliphatic hydroxyl groups excluding tert-OH is 1. The third kappa shape index (κ3) is 2.96. The maximum Gasteiger partial charge on any atom is 0.313 e. The minimum Gasteiger partial charge on any atom is -0.454 e. The monoisotopic (exact) mass is 495 g/mol. The lowest BCUT2D eigenvalue weighted by Gasteiger charge is -2.30. The van der Waals surface area contributed by atoms with Crippen molar-refractivity contribution in [1.29, 1.82) is 0 Å². The van der Waals surface area contributed by atoms with Gasteiger partial charge in [0.25, 0.3) is 0 Å². The number of esters is 1. The van der Waals surface area contributed by atoms with Crippen LogP contribution in [0.2, 0.25) is 10.0 Å². The van der Waals surface area contributed by atoms with Gasteiger partial charge in [-0.05, 0) is 29.3 Å². The first-order valence-corrected chi connectivity index (χ1v) is 11.6. The molecule has 1 amide bonds. The molecule has 2 fully saturated rings. The van der Waals surface area contributed by atoms with Gasteiger partial charge in [-0.25, -0.2) is 0 Å². The summed E-state index contributed by atoms with van der Waals surface area (Å²) in [6.45, 7) is 0. The predicted molar refractivity (Wildman–Crippen MR) is 125 cm³/mol. The first-order valence-electron chi connectivity index (χ1n) is 10.9. The minimum absolute atomic E-state index is 0.292. The van der Waals surface area contributed by atoms with Gasteiger partial charge < -0.3 is 19.9 Å². The fourth-order valence-corrected chi connectivity index (χ4v) is 5.89. The van der Waals surface area contributed by atoms with Crippen molar-refractivity contribution in [3.8, 4) is 0 Å². The topological polar surface area (TPSA) is 84.9 Å². The van der Waals surface area contributed by atoms with Gasteiger partial charge in [0.1, 0.15) is 12.0 Å². The van der Waals surface area contributed by atoms with E-state index in [-0.39, 0.29) is 0 Å². The summed E-state index contributed by atoms with van der Waals surface area (Å²) in [5, 5.41) is 14.9. The van der Waals surface area contributed by atoms with Crippen molar-refractivity contribution in [1.82, 2.24) is 0 Å². The molecular formula is C26H19Cl2NO5. The Bertz CT molecular complexity index is 1320. The molecular weight excluding hydrogens is 477 g/mol. The van der Waals surface area contributed by atoms with Gasteiger partial charge in [-0.15, -0.1) is 0 Å². The number of carbonyl (C=O) groups is 2. The predicted octanol–water partition coefficient (Wildman–Crippen LogP) is 5.02. The lowest BCUT2D eigenvalue weighted by Crippen LogP contribution is -2.43. The van der Waals surface area contributed by atoms with Gasteiger partial charge in [0.2, 0.25) is 5.91 Å². The van der Waals surface area contributed by atoms with Crippen LogP contribution in [-0.4, -0.2) is 22.6 Å². The first-order chi connectivity index (χ1) is 16.4. The number of ether oxygens (including phenoxy) is 2. The Kier molecular flexibility index (Phi) is 4.97. The molecule has 0 bridgehead atoms. The molecule has 6 rings (SSSR count). The van der Waals surface area contributed by atoms with Crippen LogP contribution < -0.4 is 5.32 Å². The van der Waals surface area contributed by atoms with Crippen LogP contribution in [0.4, 0.5) is 5.69 Å². The molecule has 6 atom stereocenters. The molecule has 1 spiro atoms. The Balaban J connectivity index is 1.45. The first kappa shape index (κ1) is 21.6. The fourth-order valence-electron chi connectivity index (χ4n) is 5.59. The number of benzene rings is 3. The highest BCUT2D eigenvalue weighted by Crippen LogP contribution is 2.67. The van der Waals surface area contributed by atoms with E-state index in [1.165, 1.54) is 0 Å². The van der Waals surface area contributed by atoms with E-state index in [0.717, 1.165) is 5.56 Å². The summed E-state index contributed by atoms with van der Waals surface area (Å²) < 4.78 is 12.3. The molecule has 6 nitrogen and oxygen atoms in total. The highest BCUT2D eigenvalue weighted by atomic mass is 35.5. The van der Waals surface area contributed by atoms with Crippen molar-refractivity contribution < 1.29 is 24.2 Å². The Labute approximate surface area is 205 Å². The molecule has 0 aromatic heterocycles. The number of hydrogen-bond donors (Lipinski definition) is 2. The second-order valence-electron chi connectivity index (χ2n) is 8.77. The summed E-state index contributed by atoms with van der Waals surface area (Å²) in [7, 11) is 0. The number of carbonyl (C=O) groups excluding carboxylic acids is 2. The van der Waals surface area contributed by atoms with Gasteiger partial charge in [0.15, 0.2) is 11.7 Å². The van der Waals surface area contributed by atoms with E-state index in [4.69, 9.17) is 32.7 Å². The number of amides is 1. The molecule has 2 saturated heterocycles. The highest BCUT2D eigenvalue weighted by Gasteiger charge is 2.75. The molecule has 3 aromatic rings. The Morgan fingerprint density at radius 3 is 2.38 bits per heavy atom. The number of nitrogens with one attached hydrogen (secondary N) is 1.